The number of phenolic OH excluding ortho intramolecular Hbond substituents is 1. The molecule has 1 heterocycles. The molecule has 3 nitrogen and oxygen atoms in total. The predicted octanol–water partition coefficient (Wildman–Crippen LogP) is 3.44. The SMILES string of the molecule is Oc1ccc([C@H](CCC(F)(F)F)N2CCNCC2)cc1Br. The fourth-order valence-electron chi connectivity index (χ4n) is 2.58. The van der Waals surface area contributed by atoms with Crippen molar-refractivity contribution in [1.82, 2.24) is 10.2 Å². The summed E-state index contributed by atoms with van der Waals surface area (Å²) in [7, 11) is 0. The van der Waals surface area contributed by atoms with Gasteiger partial charge in [-0.05, 0) is 40.0 Å². The van der Waals surface area contributed by atoms with E-state index in [-0.39, 0.29) is 18.2 Å². The summed E-state index contributed by atoms with van der Waals surface area (Å²) >= 11 is 3.23. The first-order valence-corrected chi connectivity index (χ1v) is 7.66. The minimum atomic E-state index is -4.15. The molecule has 2 N–H and O–H groups in total. The zero-order valence-corrected chi connectivity index (χ0v) is 13.0. The lowest BCUT2D eigenvalue weighted by Gasteiger charge is -2.35. The molecule has 1 atom stereocenters. The smallest absolute Gasteiger partial charge is 0.389 e. The Labute approximate surface area is 130 Å². The van der Waals surface area contributed by atoms with Crippen molar-refractivity contribution >= 4 is 15.9 Å². The molecule has 0 unspecified atom stereocenters. The van der Waals surface area contributed by atoms with E-state index in [9.17, 15) is 18.3 Å². The lowest BCUT2D eigenvalue weighted by atomic mass is 9.99. The molecule has 0 aromatic heterocycles. The topological polar surface area (TPSA) is 35.5 Å². The second kappa shape index (κ2) is 6.98. The first-order chi connectivity index (χ1) is 9.87. The number of benzene rings is 1. The van der Waals surface area contributed by atoms with Gasteiger partial charge in [0.15, 0.2) is 0 Å². The predicted molar refractivity (Wildman–Crippen MR) is 78.3 cm³/mol. The summed E-state index contributed by atoms with van der Waals surface area (Å²) < 4.78 is 38.2. The number of hydrogen-bond donors (Lipinski definition) is 2. The molecule has 1 aromatic carbocycles. The van der Waals surface area contributed by atoms with Crippen LogP contribution >= 0.6 is 15.9 Å². The molecule has 21 heavy (non-hydrogen) atoms. The molecule has 0 bridgehead atoms. The van der Waals surface area contributed by atoms with E-state index in [4.69, 9.17) is 0 Å². The molecular formula is C14H18BrF3N2O. The Morgan fingerprint density at radius 3 is 2.52 bits per heavy atom. The number of nitrogens with zero attached hydrogens (tertiary/aromatic N) is 1. The molecule has 0 saturated carbocycles. The third-order valence-electron chi connectivity index (χ3n) is 3.65. The molecule has 0 amide bonds. The summed E-state index contributed by atoms with van der Waals surface area (Å²) in [5, 5.41) is 12.7. The van der Waals surface area contributed by atoms with Crippen molar-refractivity contribution in [3.05, 3.63) is 28.2 Å². The number of piperazine rings is 1. The van der Waals surface area contributed by atoms with Crippen LogP contribution in [0.5, 0.6) is 5.75 Å². The number of nitrogens with one attached hydrogen (secondary N) is 1. The van der Waals surface area contributed by atoms with E-state index in [0.29, 0.717) is 4.47 Å². The van der Waals surface area contributed by atoms with Gasteiger partial charge in [0, 0.05) is 38.6 Å². The van der Waals surface area contributed by atoms with Gasteiger partial charge >= 0.3 is 6.18 Å². The van der Waals surface area contributed by atoms with Gasteiger partial charge in [-0.2, -0.15) is 13.2 Å². The summed E-state index contributed by atoms with van der Waals surface area (Å²) in [4.78, 5) is 2.07. The lowest BCUT2D eigenvalue weighted by molar-refractivity contribution is -0.138. The van der Waals surface area contributed by atoms with Crippen molar-refractivity contribution in [2.75, 3.05) is 26.2 Å². The van der Waals surface area contributed by atoms with Gasteiger partial charge in [-0.25, -0.2) is 0 Å². The zero-order chi connectivity index (χ0) is 15.5. The number of phenols is 1. The fraction of sp³-hybridized carbons (Fsp3) is 0.571. The van der Waals surface area contributed by atoms with Gasteiger partial charge in [0.2, 0.25) is 0 Å². The molecule has 1 aliphatic heterocycles. The van der Waals surface area contributed by atoms with Crippen molar-refractivity contribution in [2.24, 2.45) is 0 Å². The van der Waals surface area contributed by atoms with E-state index in [2.05, 4.69) is 26.1 Å². The van der Waals surface area contributed by atoms with Crippen LogP contribution in [0.3, 0.4) is 0 Å². The van der Waals surface area contributed by atoms with Crippen LogP contribution in [0.2, 0.25) is 0 Å². The lowest BCUT2D eigenvalue weighted by Crippen LogP contribution is -2.45. The highest BCUT2D eigenvalue weighted by Gasteiger charge is 2.31. The van der Waals surface area contributed by atoms with Crippen molar-refractivity contribution in [3.8, 4) is 5.75 Å². The highest BCUT2D eigenvalue weighted by Crippen LogP contribution is 2.34. The second-order valence-corrected chi connectivity index (χ2v) is 6.02. The summed E-state index contributed by atoms with van der Waals surface area (Å²) in [6, 6.07) is 4.63. The Kier molecular flexibility index (Phi) is 5.51. The molecular weight excluding hydrogens is 349 g/mol. The normalized spacial score (nSPS) is 18.7. The Morgan fingerprint density at radius 2 is 1.95 bits per heavy atom. The third-order valence-corrected chi connectivity index (χ3v) is 4.29. The molecule has 0 spiro atoms. The maximum absolute atomic E-state index is 12.6. The van der Waals surface area contributed by atoms with Crippen LogP contribution in [0, 0.1) is 0 Å². The molecule has 1 aromatic rings. The quantitative estimate of drug-likeness (QED) is 0.856. The molecule has 1 saturated heterocycles. The van der Waals surface area contributed by atoms with Gasteiger partial charge in [-0.3, -0.25) is 4.90 Å². The molecule has 0 radical (unpaired) electrons. The van der Waals surface area contributed by atoms with Gasteiger partial charge in [0.25, 0.3) is 0 Å². The van der Waals surface area contributed by atoms with E-state index in [1.165, 1.54) is 6.07 Å². The highest BCUT2D eigenvalue weighted by molar-refractivity contribution is 9.10. The van der Waals surface area contributed by atoms with Gasteiger partial charge in [-0.1, -0.05) is 6.07 Å². The summed E-state index contributed by atoms with van der Waals surface area (Å²) in [5.74, 6) is 0.0913. The number of aromatic hydroxyl groups is 1. The maximum atomic E-state index is 12.6. The van der Waals surface area contributed by atoms with Crippen molar-refractivity contribution in [1.29, 1.82) is 0 Å². The maximum Gasteiger partial charge on any atom is 0.389 e. The molecule has 0 aliphatic carbocycles. The van der Waals surface area contributed by atoms with Crippen LogP contribution < -0.4 is 5.32 Å². The van der Waals surface area contributed by atoms with Crippen molar-refractivity contribution in [2.45, 2.75) is 25.1 Å². The number of alkyl halides is 3. The fourth-order valence-corrected chi connectivity index (χ4v) is 2.98. The monoisotopic (exact) mass is 366 g/mol. The summed E-state index contributed by atoms with van der Waals surface area (Å²) in [6.07, 6.45) is -4.93. The Hall–Kier alpha value is -0.790. The van der Waals surface area contributed by atoms with Gasteiger partial charge in [0.05, 0.1) is 4.47 Å². The van der Waals surface area contributed by atoms with Crippen molar-refractivity contribution < 1.29 is 18.3 Å². The van der Waals surface area contributed by atoms with Crippen LogP contribution in [0.4, 0.5) is 13.2 Å². The zero-order valence-electron chi connectivity index (χ0n) is 11.5. The van der Waals surface area contributed by atoms with Crippen LogP contribution in [0.25, 0.3) is 0 Å². The standard InChI is InChI=1S/C14H18BrF3N2O/c15-11-9-10(1-2-13(11)21)12(3-4-14(16,17)18)20-7-5-19-6-8-20/h1-2,9,12,19,21H,3-8H2/t12-/m0/s1. The van der Waals surface area contributed by atoms with E-state index < -0.39 is 12.6 Å². The van der Waals surface area contributed by atoms with Gasteiger partial charge in [0.1, 0.15) is 5.75 Å². The first kappa shape index (κ1) is 16.6. The average Bonchev–Trinajstić information content (AvgIpc) is 2.43. The summed E-state index contributed by atoms with van der Waals surface area (Å²) in [5.41, 5.74) is 0.797. The van der Waals surface area contributed by atoms with Crippen LogP contribution in [0.15, 0.2) is 22.7 Å². The second-order valence-electron chi connectivity index (χ2n) is 5.17. The third kappa shape index (κ3) is 4.86. The van der Waals surface area contributed by atoms with E-state index in [0.717, 1.165) is 31.7 Å². The largest absolute Gasteiger partial charge is 0.507 e. The summed E-state index contributed by atoms with van der Waals surface area (Å²) in [6.45, 7) is 3.01. The van der Waals surface area contributed by atoms with Crippen molar-refractivity contribution in [3.63, 3.8) is 0 Å². The Bertz CT molecular complexity index is 476. The molecule has 1 fully saturated rings. The van der Waals surface area contributed by atoms with Gasteiger partial charge < -0.3 is 10.4 Å². The number of hydrogen-bond acceptors (Lipinski definition) is 3. The van der Waals surface area contributed by atoms with Crippen LogP contribution in [-0.2, 0) is 0 Å². The van der Waals surface area contributed by atoms with Crippen LogP contribution in [0.1, 0.15) is 24.4 Å². The molecule has 1 aliphatic rings. The molecule has 2 rings (SSSR count). The van der Waals surface area contributed by atoms with Gasteiger partial charge in [-0.15, -0.1) is 0 Å². The van der Waals surface area contributed by atoms with Crippen LogP contribution in [-0.4, -0.2) is 42.4 Å². The minimum absolute atomic E-state index is 0.0285. The van der Waals surface area contributed by atoms with E-state index in [1.807, 2.05) is 0 Å². The molecule has 7 heteroatoms. The Balaban J connectivity index is 2.18. The number of rotatable bonds is 4. The minimum Gasteiger partial charge on any atom is -0.507 e. The Morgan fingerprint density at radius 1 is 1.29 bits per heavy atom. The first-order valence-electron chi connectivity index (χ1n) is 6.87. The van der Waals surface area contributed by atoms with E-state index in [1.54, 1.807) is 12.1 Å². The highest BCUT2D eigenvalue weighted by atomic mass is 79.9. The number of halogens is 4. The average molecular weight is 367 g/mol. The van der Waals surface area contributed by atoms with E-state index >= 15 is 0 Å². The molecule has 118 valence electrons.